The first kappa shape index (κ1) is 14.3. The summed E-state index contributed by atoms with van der Waals surface area (Å²) >= 11 is 8.66. The number of pyridine rings is 1. The van der Waals surface area contributed by atoms with Crippen molar-refractivity contribution in [3.05, 3.63) is 27.5 Å². The molecular formula is C10H9BrClF2NO2. The van der Waals surface area contributed by atoms with E-state index in [0.717, 1.165) is 0 Å². The molecule has 0 aromatic carbocycles. The van der Waals surface area contributed by atoms with Gasteiger partial charge in [0.05, 0.1) is 12.2 Å². The molecule has 0 aliphatic heterocycles. The Bertz CT molecular complexity index is 429. The van der Waals surface area contributed by atoms with Crippen LogP contribution in [0.5, 0.6) is 0 Å². The molecule has 1 rings (SSSR count). The Kier molecular flexibility index (Phi) is 5.27. The lowest BCUT2D eigenvalue weighted by Gasteiger charge is -2.12. The zero-order chi connectivity index (χ0) is 13.0. The van der Waals surface area contributed by atoms with Crippen LogP contribution in [0.4, 0.5) is 8.78 Å². The van der Waals surface area contributed by atoms with Gasteiger partial charge in [0.25, 0.3) is 6.43 Å². The SMILES string of the molecule is CCOC(=O)c1ncc(Br)c(CCl)c1C(F)F. The zero-order valence-corrected chi connectivity index (χ0v) is 11.2. The number of carbonyl (C=O) groups is 1. The molecule has 0 aliphatic rings. The minimum atomic E-state index is -2.84. The predicted octanol–water partition coefficient (Wildman–Crippen LogP) is 3.70. The van der Waals surface area contributed by atoms with Gasteiger partial charge in [-0.05, 0) is 28.4 Å². The van der Waals surface area contributed by atoms with Gasteiger partial charge in [0.1, 0.15) is 0 Å². The Morgan fingerprint density at radius 3 is 2.76 bits per heavy atom. The molecule has 1 heterocycles. The highest BCUT2D eigenvalue weighted by atomic mass is 79.9. The summed E-state index contributed by atoms with van der Waals surface area (Å²) in [7, 11) is 0. The summed E-state index contributed by atoms with van der Waals surface area (Å²) in [5.41, 5.74) is -0.715. The lowest BCUT2D eigenvalue weighted by Crippen LogP contribution is -2.13. The van der Waals surface area contributed by atoms with E-state index in [2.05, 4.69) is 25.7 Å². The summed E-state index contributed by atoms with van der Waals surface area (Å²) < 4.78 is 30.9. The number of nitrogens with zero attached hydrogens (tertiary/aromatic N) is 1. The Balaban J connectivity index is 3.35. The smallest absolute Gasteiger partial charge is 0.357 e. The van der Waals surface area contributed by atoms with Crippen molar-refractivity contribution in [3.63, 3.8) is 0 Å². The second-order valence-electron chi connectivity index (χ2n) is 3.00. The van der Waals surface area contributed by atoms with Gasteiger partial charge in [-0.3, -0.25) is 0 Å². The first-order chi connectivity index (χ1) is 8.02. The summed E-state index contributed by atoms with van der Waals surface area (Å²) in [6, 6.07) is 0. The molecule has 0 saturated carbocycles. The molecule has 0 amide bonds. The Hall–Kier alpha value is -0.750. The minimum Gasteiger partial charge on any atom is -0.461 e. The fraction of sp³-hybridized carbons (Fsp3) is 0.400. The topological polar surface area (TPSA) is 39.2 Å². The van der Waals surface area contributed by atoms with Crippen LogP contribution < -0.4 is 0 Å². The summed E-state index contributed by atoms with van der Waals surface area (Å²) in [4.78, 5) is 15.1. The lowest BCUT2D eigenvalue weighted by atomic mass is 10.1. The largest absolute Gasteiger partial charge is 0.461 e. The van der Waals surface area contributed by atoms with Crippen molar-refractivity contribution in [1.82, 2.24) is 4.98 Å². The van der Waals surface area contributed by atoms with Crippen molar-refractivity contribution >= 4 is 33.5 Å². The van der Waals surface area contributed by atoms with E-state index >= 15 is 0 Å². The lowest BCUT2D eigenvalue weighted by molar-refractivity contribution is 0.0507. The number of hydrogen-bond acceptors (Lipinski definition) is 3. The highest BCUT2D eigenvalue weighted by Crippen LogP contribution is 2.32. The average Bonchev–Trinajstić information content (AvgIpc) is 2.28. The van der Waals surface area contributed by atoms with Gasteiger partial charge in [-0.25, -0.2) is 18.6 Å². The van der Waals surface area contributed by atoms with Gasteiger partial charge in [-0.2, -0.15) is 0 Å². The summed E-state index contributed by atoms with van der Waals surface area (Å²) in [5, 5.41) is 0. The summed E-state index contributed by atoms with van der Waals surface area (Å²) in [6.07, 6.45) is -1.58. The van der Waals surface area contributed by atoms with Gasteiger partial charge in [0.15, 0.2) is 5.69 Å². The minimum absolute atomic E-state index is 0.0927. The second-order valence-corrected chi connectivity index (χ2v) is 4.12. The standard InChI is InChI=1S/C10H9BrClF2NO2/c1-2-17-10(16)8-7(9(13)14)5(3-12)6(11)4-15-8/h4,9H,2-3H2,1H3. The van der Waals surface area contributed by atoms with Crippen LogP contribution in [0.25, 0.3) is 0 Å². The van der Waals surface area contributed by atoms with Gasteiger partial charge in [-0.1, -0.05) is 0 Å². The van der Waals surface area contributed by atoms with Crippen LogP contribution in [0.2, 0.25) is 0 Å². The third-order valence-corrected chi connectivity index (χ3v) is 2.95. The predicted molar refractivity (Wildman–Crippen MR) is 62.4 cm³/mol. The van der Waals surface area contributed by atoms with Crippen molar-refractivity contribution in [1.29, 1.82) is 0 Å². The third kappa shape index (κ3) is 3.13. The monoisotopic (exact) mass is 327 g/mol. The fourth-order valence-electron chi connectivity index (χ4n) is 1.27. The van der Waals surface area contributed by atoms with E-state index in [1.165, 1.54) is 6.20 Å². The Labute approximate surface area is 110 Å². The molecule has 17 heavy (non-hydrogen) atoms. The van der Waals surface area contributed by atoms with Crippen molar-refractivity contribution in [2.24, 2.45) is 0 Å². The van der Waals surface area contributed by atoms with Crippen LogP contribution in [0.1, 0.15) is 35.0 Å². The van der Waals surface area contributed by atoms with Crippen molar-refractivity contribution in [2.75, 3.05) is 6.61 Å². The molecule has 7 heteroatoms. The fourth-order valence-corrected chi connectivity index (χ4v) is 2.18. The van der Waals surface area contributed by atoms with Crippen molar-refractivity contribution in [2.45, 2.75) is 19.2 Å². The van der Waals surface area contributed by atoms with Gasteiger partial charge in [0, 0.05) is 16.5 Å². The van der Waals surface area contributed by atoms with Gasteiger partial charge in [0.2, 0.25) is 0 Å². The van der Waals surface area contributed by atoms with Crippen molar-refractivity contribution in [3.8, 4) is 0 Å². The molecule has 0 radical (unpaired) electrons. The van der Waals surface area contributed by atoms with E-state index in [9.17, 15) is 13.6 Å². The molecule has 3 nitrogen and oxygen atoms in total. The molecular weight excluding hydrogens is 319 g/mol. The van der Waals surface area contributed by atoms with Crippen LogP contribution in [0.15, 0.2) is 10.7 Å². The van der Waals surface area contributed by atoms with Gasteiger partial charge in [-0.15, -0.1) is 11.6 Å². The van der Waals surface area contributed by atoms with E-state index in [1.807, 2.05) is 0 Å². The Morgan fingerprint density at radius 1 is 1.65 bits per heavy atom. The highest BCUT2D eigenvalue weighted by molar-refractivity contribution is 9.10. The van der Waals surface area contributed by atoms with Crippen LogP contribution in [-0.4, -0.2) is 17.6 Å². The molecule has 0 fully saturated rings. The first-order valence-electron chi connectivity index (χ1n) is 4.71. The molecule has 1 aromatic heterocycles. The normalized spacial score (nSPS) is 10.7. The highest BCUT2D eigenvalue weighted by Gasteiger charge is 2.25. The average molecular weight is 329 g/mol. The van der Waals surface area contributed by atoms with Crippen LogP contribution in [-0.2, 0) is 10.6 Å². The number of hydrogen-bond donors (Lipinski definition) is 0. The molecule has 0 N–H and O–H groups in total. The van der Waals surface area contributed by atoms with Gasteiger partial charge >= 0.3 is 5.97 Å². The molecule has 0 aliphatic carbocycles. The van der Waals surface area contributed by atoms with E-state index < -0.39 is 18.0 Å². The maximum Gasteiger partial charge on any atom is 0.357 e. The number of halogens is 4. The maximum absolute atomic E-state index is 12.9. The quantitative estimate of drug-likeness (QED) is 0.625. The van der Waals surface area contributed by atoms with Crippen LogP contribution in [0, 0.1) is 0 Å². The van der Waals surface area contributed by atoms with Crippen LogP contribution in [0.3, 0.4) is 0 Å². The molecule has 0 unspecified atom stereocenters. The first-order valence-corrected chi connectivity index (χ1v) is 6.04. The molecule has 94 valence electrons. The summed E-state index contributed by atoms with van der Waals surface area (Å²) in [5.74, 6) is -1.02. The van der Waals surface area contributed by atoms with E-state index in [-0.39, 0.29) is 23.7 Å². The molecule has 0 spiro atoms. The van der Waals surface area contributed by atoms with Gasteiger partial charge < -0.3 is 4.74 Å². The van der Waals surface area contributed by atoms with E-state index in [4.69, 9.17) is 11.6 Å². The molecule has 0 bridgehead atoms. The molecule has 0 saturated heterocycles. The number of alkyl halides is 3. The molecule has 1 aromatic rings. The number of rotatable bonds is 4. The zero-order valence-electron chi connectivity index (χ0n) is 8.84. The number of aromatic nitrogens is 1. The maximum atomic E-state index is 12.9. The van der Waals surface area contributed by atoms with Crippen LogP contribution >= 0.6 is 27.5 Å². The summed E-state index contributed by atoms with van der Waals surface area (Å²) in [6.45, 7) is 1.68. The Morgan fingerprint density at radius 2 is 2.29 bits per heavy atom. The number of carbonyl (C=O) groups excluding carboxylic acids is 1. The second kappa shape index (κ2) is 6.26. The van der Waals surface area contributed by atoms with Crippen molar-refractivity contribution < 1.29 is 18.3 Å². The third-order valence-electron chi connectivity index (χ3n) is 2.00. The van der Waals surface area contributed by atoms with E-state index in [0.29, 0.717) is 4.47 Å². The number of ether oxygens (including phenoxy) is 1. The molecule has 0 atom stereocenters. The van der Waals surface area contributed by atoms with E-state index in [1.54, 1.807) is 6.92 Å². The number of esters is 1.